The van der Waals surface area contributed by atoms with E-state index >= 15 is 0 Å². The Bertz CT molecular complexity index is 8100. The smallest absolute Gasteiger partial charge is 0.136 e. The standard InChI is InChI=1S/C117H86N4O/c1-116(2,3)86-65-85(66-87(69-86)117(4,5)6)81-58-60-93-102(68-81)121(114-95(76-40-18-9-19-41-76)72-105-111(108(114)78-44-22-11-23-45-78)92-52-30-34-56-100(92)118(105)88-48-26-13-27-49-88)104-71-89(119-98-54-32-28-50-90(98)91-51-29-33-55-99(91)119)70-103-113(104)110(93)97-67-80(84-63-82(74-36-14-7-15-37-74)62-83(64-84)75-38-16-8-17-39-75)59-61-101(97)120(103)115-96(77-42-20-10-21-43-77)73-107-112(94-53-31-35-57-106(94)122-107)109(115)79-46-24-12-25-47-79/h7-73,110H,1-6H3/i28D,29D,32D,33D,50D,51D,54D,55D. The number of hydrogen-bond acceptors (Lipinski definition) is 3. The number of benzene rings is 18. The van der Waals surface area contributed by atoms with Gasteiger partial charge in [0.25, 0.3) is 0 Å². The Hall–Kier alpha value is -15.0. The highest BCUT2D eigenvalue weighted by molar-refractivity contribution is 6.24. The van der Waals surface area contributed by atoms with Gasteiger partial charge in [-0.2, -0.15) is 0 Å². The van der Waals surface area contributed by atoms with Crippen LogP contribution in [0.1, 0.15) is 86.2 Å². The highest BCUT2D eigenvalue weighted by atomic mass is 16.3. The van der Waals surface area contributed by atoms with E-state index in [9.17, 15) is 11.0 Å². The van der Waals surface area contributed by atoms with Gasteiger partial charge in [-0.05, 0) is 197 Å². The maximum absolute atomic E-state index is 10.5. The summed E-state index contributed by atoms with van der Waals surface area (Å²) >= 11 is 0. The SMILES string of the molecule is [2H]c1c([2H])c([2H])c2c(c1[2H])c1c([2H])c([2H])c([2H])c([2H])c1n2-c1cc2c3c(c1)N(c1c(-c4ccccc4)cc4c(c1-c1ccccc1)c1ccccc1n4-c1ccccc1)c1cc(-c4cc(C(C)(C)C)cc(C(C)(C)C)c4)ccc1C3c1cc(-c3cc(-c4ccccc4)cc(-c4ccccc4)c3)ccc1N2c1c(-c2ccccc2)cc2oc3ccccc3c2c1-c1ccccc1. The first-order chi connectivity index (χ1) is 63.1. The molecule has 0 saturated carbocycles. The Morgan fingerprint density at radius 3 is 1.26 bits per heavy atom. The van der Waals surface area contributed by atoms with Gasteiger partial charge in [0.05, 0.1) is 72.8 Å². The van der Waals surface area contributed by atoms with Gasteiger partial charge in [-0.15, -0.1) is 0 Å². The van der Waals surface area contributed by atoms with Crippen LogP contribution in [0.3, 0.4) is 0 Å². The first-order valence-electron chi connectivity index (χ1n) is 46.0. The minimum atomic E-state index is -0.654. The van der Waals surface area contributed by atoms with Gasteiger partial charge in [0, 0.05) is 71.7 Å². The van der Waals surface area contributed by atoms with E-state index in [0.29, 0.717) is 28.2 Å². The fourth-order valence-electron chi connectivity index (χ4n) is 19.4. The van der Waals surface area contributed by atoms with Crippen molar-refractivity contribution in [2.24, 2.45) is 0 Å². The molecule has 0 fully saturated rings. The number of furan rings is 1. The second kappa shape index (κ2) is 28.3. The number of anilines is 6. The predicted molar refractivity (Wildman–Crippen MR) is 514 cm³/mol. The summed E-state index contributed by atoms with van der Waals surface area (Å²) in [5, 5.41) is 3.74. The van der Waals surface area contributed by atoms with Crippen molar-refractivity contribution in [3.63, 3.8) is 0 Å². The van der Waals surface area contributed by atoms with Crippen LogP contribution in [0, 0.1) is 0 Å². The van der Waals surface area contributed by atoms with Crippen molar-refractivity contribution in [2.75, 3.05) is 9.80 Å². The van der Waals surface area contributed by atoms with Gasteiger partial charge >= 0.3 is 0 Å². The average Bonchev–Trinajstić information content (AvgIpc) is 1.05. The van der Waals surface area contributed by atoms with Crippen molar-refractivity contribution in [1.82, 2.24) is 9.13 Å². The molecule has 5 nitrogen and oxygen atoms in total. The topological polar surface area (TPSA) is 29.5 Å². The Morgan fingerprint density at radius 1 is 0.270 bits per heavy atom. The lowest BCUT2D eigenvalue weighted by Crippen LogP contribution is -2.30. The van der Waals surface area contributed by atoms with Crippen molar-refractivity contribution in [2.45, 2.75) is 58.3 Å². The predicted octanol–water partition coefficient (Wildman–Crippen LogP) is 32.5. The Kier molecular flexibility index (Phi) is 14.9. The van der Waals surface area contributed by atoms with Gasteiger partial charge in [-0.25, -0.2) is 0 Å². The number of nitrogens with zero attached hydrogens (tertiary/aromatic N) is 4. The molecule has 0 radical (unpaired) electrons. The summed E-state index contributed by atoms with van der Waals surface area (Å²) in [4.78, 5) is 4.97. The lowest BCUT2D eigenvalue weighted by molar-refractivity contribution is 0.569. The average molecular weight is 1570 g/mol. The van der Waals surface area contributed by atoms with E-state index < -0.39 is 54.3 Å². The molecule has 0 bridgehead atoms. The van der Waals surface area contributed by atoms with Crippen molar-refractivity contribution >= 4 is 99.7 Å². The van der Waals surface area contributed by atoms with E-state index in [0.717, 1.165) is 167 Å². The minimum Gasteiger partial charge on any atom is -0.456 e. The summed E-state index contributed by atoms with van der Waals surface area (Å²) in [5.74, 6) is -0.654. The quantitative estimate of drug-likeness (QED) is 0.122. The van der Waals surface area contributed by atoms with Crippen LogP contribution in [0.4, 0.5) is 34.1 Å². The summed E-state index contributed by atoms with van der Waals surface area (Å²) in [6.07, 6.45) is 0. The molecule has 0 aliphatic carbocycles. The first-order valence-corrected chi connectivity index (χ1v) is 42.0. The zero-order valence-electron chi connectivity index (χ0n) is 76.3. The molecule has 5 heteroatoms. The molecule has 0 saturated heterocycles. The lowest BCUT2D eigenvalue weighted by atomic mass is 9.73. The van der Waals surface area contributed by atoms with Gasteiger partial charge in [0.1, 0.15) is 11.2 Å². The van der Waals surface area contributed by atoms with Gasteiger partial charge in [-0.1, -0.05) is 351 Å². The summed E-state index contributed by atoms with van der Waals surface area (Å²) < 4.78 is 91.1. The van der Waals surface area contributed by atoms with Crippen LogP contribution in [0.25, 0.3) is 166 Å². The molecule has 0 N–H and O–H groups in total. The molecule has 5 heterocycles. The van der Waals surface area contributed by atoms with E-state index in [1.807, 2.05) is 18.2 Å². The fraction of sp³-hybridized carbons (Fsp3) is 0.0769. The number of para-hydroxylation sites is 5. The molecule has 0 amide bonds. The second-order valence-electron chi connectivity index (χ2n) is 34.5. The van der Waals surface area contributed by atoms with Crippen molar-refractivity contribution in [3.8, 4) is 100 Å². The summed E-state index contributed by atoms with van der Waals surface area (Å²) in [7, 11) is 0. The van der Waals surface area contributed by atoms with Gasteiger partial charge in [0.2, 0.25) is 0 Å². The van der Waals surface area contributed by atoms with Gasteiger partial charge in [-0.3, -0.25) is 0 Å². The van der Waals surface area contributed by atoms with Crippen LogP contribution in [-0.2, 0) is 10.8 Å². The highest BCUT2D eigenvalue weighted by Gasteiger charge is 2.45. The molecule has 1 atom stereocenters. The highest BCUT2D eigenvalue weighted by Crippen LogP contribution is 2.66. The van der Waals surface area contributed by atoms with E-state index in [2.05, 4.69) is 396 Å². The third-order valence-electron chi connectivity index (χ3n) is 25.2. The maximum atomic E-state index is 10.5. The van der Waals surface area contributed by atoms with Crippen LogP contribution >= 0.6 is 0 Å². The number of fused-ring (bicyclic) bond motifs is 13. The van der Waals surface area contributed by atoms with Crippen molar-refractivity contribution in [3.05, 3.63) is 434 Å². The Labute approximate surface area is 722 Å². The van der Waals surface area contributed by atoms with Crippen LogP contribution < -0.4 is 9.80 Å². The van der Waals surface area contributed by atoms with Crippen LogP contribution in [0.15, 0.2) is 411 Å². The molecule has 0 spiro atoms. The van der Waals surface area contributed by atoms with Crippen molar-refractivity contribution in [1.29, 1.82) is 0 Å². The van der Waals surface area contributed by atoms with E-state index in [1.165, 1.54) is 11.1 Å². The van der Waals surface area contributed by atoms with E-state index in [1.54, 1.807) is 4.57 Å². The number of hydrogen-bond donors (Lipinski definition) is 0. The van der Waals surface area contributed by atoms with E-state index in [4.69, 9.17) is 4.42 Å². The molecular formula is C117H86N4O. The fourth-order valence-corrected chi connectivity index (χ4v) is 19.4. The normalized spacial score (nSPS) is 14.1. The molecule has 23 rings (SSSR count). The van der Waals surface area contributed by atoms with Crippen LogP contribution in [0.5, 0.6) is 0 Å². The maximum Gasteiger partial charge on any atom is 0.136 e. The molecule has 1 unspecified atom stereocenters. The third-order valence-corrected chi connectivity index (χ3v) is 25.2. The number of rotatable bonds is 12. The summed E-state index contributed by atoms with van der Waals surface area (Å²) in [6, 6.07) is 125. The molecule has 2 aliphatic rings. The number of aromatic nitrogens is 2. The Morgan fingerprint density at radius 2 is 0.705 bits per heavy atom. The van der Waals surface area contributed by atoms with Crippen LogP contribution in [0.2, 0.25) is 0 Å². The molecule has 18 aromatic carbocycles. The zero-order valence-corrected chi connectivity index (χ0v) is 68.3. The summed E-state index contributed by atoms with van der Waals surface area (Å²) in [6.45, 7) is 13.7. The molecule has 3 aromatic heterocycles. The van der Waals surface area contributed by atoms with Gasteiger partial charge in [0.15, 0.2) is 0 Å². The largest absolute Gasteiger partial charge is 0.456 e. The summed E-state index contributed by atoms with van der Waals surface area (Å²) in [5.41, 5.74) is 29.5. The molecule has 21 aromatic rings. The monoisotopic (exact) mass is 1570 g/mol. The van der Waals surface area contributed by atoms with Crippen molar-refractivity contribution < 1.29 is 15.4 Å². The third kappa shape index (κ3) is 11.7. The van der Waals surface area contributed by atoms with E-state index in [-0.39, 0.29) is 32.6 Å². The zero-order chi connectivity index (χ0) is 88.6. The molecule has 122 heavy (non-hydrogen) atoms. The molecular weight excluding hydrogens is 1480 g/mol. The first kappa shape index (κ1) is 64.0. The minimum absolute atomic E-state index is 0.0125. The lowest BCUT2D eigenvalue weighted by Gasteiger charge is -2.47. The molecule has 580 valence electrons. The van der Waals surface area contributed by atoms with Crippen LogP contribution in [-0.4, -0.2) is 9.13 Å². The molecule has 2 aliphatic heterocycles. The Balaban J connectivity index is 0.974. The second-order valence-corrected chi connectivity index (χ2v) is 34.5. The van der Waals surface area contributed by atoms with Gasteiger partial charge < -0.3 is 23.4 Å².